The van der Waals surface area contributed by atoms with Crippen molar-refractivity contribution in [3.05, 3.63) is 30.1 Å². The molecule has 0 saturated heterocycles. The van der Waals surface area contributed by atoms with Crippen LogP contribution in [0.25, 0.3) is 0 Å². The lowest BCUT2D eigenvalue weighted by Gasteiger charge is -2.29. The van der Waals surface area contributed by atoms with E-state index in [0.29, 0.717) is 12.1 Å². The lowest BCUT2D eigenvalue weighted by Crippen LogP contribution is -2.41. The highest BCUT2D eigenvalue weighted by atomic mass is 16.4. The summed E-state index contributed by atoms with van der Waals surface area (Å²) >= 11 is 0. The zero-order valence-electron chi connectivity index (χ0n) is 11.2. The highest BCUT2D eigenvalue weighted by molar-refractivity contribution is 6.00. The fourth-order valence-corrected chi connectivity index (χ4v) is 1.47. The van der Waals surface area contributed by atoms with Crippen LogP contribution in [0.1, 0.15) is 39.7 Å². The molecule has 5 heteroatoms. The van der Waals surface area contributed by atoms with Gasteiger partial charge in [0.25, 0.3) is 0 Å². The molecule has 1 N–H and O–H groups in total. The van der Waals surface area contributed by atoms with Crippen LogP contribution in [-0.4, -0.2) is 32.4 Å². The van der Waals surface area contributed by atoms with Gasteiger partial charge in [0.2, 0.25) is 0 Å². The molecule has 0 unspecified atom stereocenters. The summed E-state index contributed by atoms with van der Waals surface area (Å²) in [5, 5.41) is 14.5. The van der Waals surface area contributed by atoms with E-state index in [1.165, 1.54) is 0 Å². The second-order valence-corrected chi connectivity index (χ2v) is 4.91. The molecule has 0 spiro atoms. The van der Waals surface area contributed by atoms with Crippen molar-refractivity contribution < 1.29 is 9.90 Å². The van der Waals surface area contributed by atoms with Crippen molar-refractivity contribution in [1.82, 2.24) is 9.99 Å². The zero-order chi connectivity index (χ0) is 13.8. The van der Waals surface area contributed by atoms with Gasteiger partial charge < -0.3 is 5.11 Å². The summed E-state index contributed by atoms with van der Waals surface area (Å²) in [6, 6.07) is 3.68. The van der Waals surface area contributed by atoms with E-state index in [0.717, 1.165) is 10.6 Å². The molecule has 0 saturated carbocycles. The highest BCUT2D eigenvalue weighted by Gasteiger charge is 2.26. The number of hydrazone groups is 1. The molecule has 0 aliphatic carbocycles. The summed E-state index contributed by atoms with van der Waals surface area (Å²) < 4.78 is 0. The average molecular weight is 249 g/mol. The number of pyridine rings is 1. The summed E-state index contributed by atoms with van der Waals surface area (Å²) in [5.41, 5.74) is 0.977. The van der Waals surface area contributed by atoms with Crippen LogP contribution < -0.4 is 0 Å². The summed E-state index contributed by atoms with van der Waals surface area (Å²) in [5.74, 6) is 0. The van der Waals surface area contributed by atoms with Crippen molar-refractivity contribution in [3.8, 4) is 0 Å². The van der Waals surface area contributed by atoms with Gasteiger partial charge in [0.05, 0.1) is 11.3 Å². The molecule has 0 aliphatic heterocycles. The van der Waals surface area contributed by atoms with Crippen molar-refractivity contribution >= 4 is 11.8 Å². The third-order valence-corrected chi connectivity index (χ3v) is 2.37. The van der Waals surface area contributed by atoms with Gasteiger partial charge in [-0.25, -0.2) is 4.79 Å². The molecule has 0 bridgehead atoms. The van der Waals surface area contributed by atoms with Crippen molar-refractivity contribution in [2.75, 3.05) is 0 Å². The Morgan fingerprint density at radius 2 is 2.17 bits per heavy atom. The standard InChI is InChI=1S/C13H19N3O2/c1-5-11(10-7-6-8-14-9-10)15-16(12(17)18)13(2,3)4/h6-9H,5H2,1-4H3,(H,17,18)/b15-11-. The number of aromatic nitrogens is 1. The minimum absolute atomic E-state index is 0.575. The molecule has 1 rings (SSSR count). The van der Waals surface area contributed by atoms with Gasteiger partial charge in [0.15, 0.2) is 0 Å². The minimum Gasteiger partial charge on any atom is -0.464 e. The van der Waals surface area contributed by atoms with Crippen molar-refractivity contribution in [1.29, 1.82) is 0 Å². The van der Waals surface area contributed by atoms with Crippen LogP contribution in [0.2, 0.25) is 0 Å². The van der Waals surface area contributed by atoms with E-state index in [9.17, 15) is 9.90 Å². The Morgan fingerprint density at radius 1 is 1.50 bits per heavy atom. The molecule has 0 atom stereocenters. The SMILES string of the molecule is CC/C(=N/N(C(=O)O)C(C)(C)C)c1cccnc1. The van der Waals surface area contributed by atoms with Gasteiger partial charge >= 0.3 is 6.09 Å². The van der Waals surface area contributed by atoms with E-state index in [4.69, 9.17) is 0 Å². The van der Waals surface area contributed by atoms with Crippen molar-refractivity contribution in [2.24, 2.45) is 5.10 Å². The Hall–Kier alpha value is -1.91. The van der Waals surface area contributed by atoms with Crippen LogP contribution in [0.3, 0.4) is 0 Å². The maximum absolute atomic E-state index is 11.2. The van der Waals surface area contributed by atoms with Gasteiger partial charge in [-0.2, -0.15) is 10.1 Å². The zero-order valence-corrected chi connectivity index (χ0v) is 11.2. The predicted octanol–water partition coefficient (Wildman–Crippen LogP) is 2.97. The van der Waals surface area contributed by atoms with Gasteiger partial charge in [0, 0.05) is 18.0 Å². The summed E-state index contributed by atoms with van der Waals surface area (Å²) in [6.45, 7) is 7.36. The van der Waals surface area contributed by atoms with E-state index < -0.39 is 11.6 Å². The first-order valence-corrected chi connectivity index (χ1v) is 5.87. The Labute approximate surface area is 107 Å². The minimum atomic E-state index is -1.06. The average Bonchev–Trinajstić information content (AvgIpc) is 2.29. The van der Waals surface area contributed by atoms with Crippen LogP contribution >= 0.6 is 0 Å². The third kappa shape index (κ3) is 3.55. The first kappa shape index (κ1) is 14.2. The topological polar surface area (TPSA) is 65.8 Å². The van der Waals surface area contributed by atoms with Gasteiger partial charge in [-0.3, -0.25) is 4.98 Å². The van der Waals surface area contributed by atoms with E-state index in [1.807, 2.05) is 19.1 Å². The summed E-state index contributed by atoms with van der Waals surface area (Å²) in [4.78, 5) is 15.3. The number of amides is 1. The van der Waals surface area contributed by atoms with Gasteiger partial charge in [-0.05, 0) is 33.3 Å². The first-order valence-electron chi connectivity index (χ1n) is 5.87. The van der Waals surface area contributed by atoms with Gasteiger partial charge in [0.1, 0.15) is 0 Å². The van der Waals surface area contributed by atoms with E-state index in [-0.39, 0.29) is 0 Å². The summed E-state index contributed by atoms with van der Waals surface area (Å²) in [6.07, 6.45) is 2.95. The Morgan fingerprint density at radius 3 is 2.56 bits per heavy atom. The molecule has 0 aliphatic rings. The summed E-state index contributed by atoms with van der Waals surface area (Å²) in [7, 11) is 0. The molecule has 98 valence electrons. The number of nitrogens with zero attached hydrogens (tertiary/aromatic N) is 3. The molecule has 1 heterocycles. The first-order chi connectivity index (χ1) is 8.36. The van der Waals surface area contributed by atoms with Crippen LogP contribution in [0, 0.1) is 0 Å². The molecular formula is C13H19N3O2. The maximum atomic E-state index is 11.2. The number of carboxylic acid groups (broad SMARTS) is 1. The van der Waals surface area contributed by atoms with E-state index in [1.54, 1.807) is 33.2 Å². The van der Waals surface area contributed by atoms with E-state index >= 15 is 0 Å². The largest absolute Gasteiger partial charge is 0.464 e. The van der Waals surface area contributed by atoms with E-state index in [2.05, 4.69) is 10.1 Å². The Balaban J connectivity index is 3.14. The Bertz CT molecular complexity index is 435. The number of hydrogen-bond donors (Lipinski definition) is 1. The lowest BCUT2D eigenvalue weighted by molar-refractivity contribution is 0.103. The lowest BCUT2D eigenvalue weighted by atomic mass is 10.1. The maximum Gasteiger partial charge on any atom is 0.428 e. The smallest absolute Gasteiger partial charge is 0.428 e. The number of carbonyl (C=O) groups is 1. The molecule has 0 fully saturated rings. The van der Waals surface area contributed by atoms with Gasteiger partial charge in [-0.15, -0.1) is 0 Å². The third-order valence-electron chi connectivity index (χ3n) is 2.37. The highest BCUT2D eigenvalue weighted by Crippen LogP contribution is 2.16. The predicted molar refractivity (Wildman–Crippen MR) is 70.7 cm³/mol. The second kappa shape index (κ2) is 5.62. The van der Waals surface area contributed by atoms with Crippen LogP contribution in [0.5, 0.6) is 0 Å². The number of rotatable bonds is 3. The molecule has 1 aromatic rings. The quantitative estimate of drug-likeness (QED) is 0.661. The fraction of sp³-hybridized carbons (Fsp3) is 0.462. The molecule has 1 amide bonds. The van der Waals surface area contributed by atoms with Crippen molar-refractivity contribution in [3.63, 3.8) is 0 Å². The van der Waals surface area contributed by atoms with Gasteiger partial charge in [-0.1, -0.05) is 13.0 Å². The molecule has 5 nitrogen and oxygen atoms in total. The molecule has 0 radical (unpaired) electrons. The van der Waals surface area contributed by atoms with Crippen LogP contribution in [0.4, 0.5) is 4.79 Å². The normalized spacial score (nSPS) is 12.3. The molecule has 1 aromatic heterocycles. The molecular weight excluding hydrogens is 230 g/mol. The van der Waals surface area contributed by atoms with Crippen molar-refractivity contribution in [2.45, 2.75) is 39.7 Å². The second-order valence-electron chi connectivity index (χ2n) is 4.91. The van der Waals surface area contributed by atoms with Crippen LogP contribution in [0.15, 0.2) is 29.6 Å². The Kier molecular flexibility index (Phi) is 4.42. The molecule has 18 heavy (non-hydrogen) atoms. The fourth-order valence-electron chi connectivity index (χ4n) is 1.47. The van der Waals surface area contributed by atoms with Crippen LogP contribution in [-0.2, 0) is 0 Å². The number of hydrogen-bond acceptors (Lipinski definition) is 3. The monoisotopic (exact) mass is 249 g/mol. The molecule has 0 aromatic carbocycles.